The normalized spacial score (nSPS) is 12.0. The van der Waals surface area contributed by atoms with Gasteiger partial charge < -0.3 is 9.84 Å². The molecule has 5 rings (SSSR count). The SMILES string of the molecule is CCc1sc(-c2csc3ccccc23)nc1-c1ccc(OC(C(=O)O)c2ccccc2)cc1. The van der Waals surface area contributed by atoms with Crippen molar-refractivity contribution in [2.45, 2.75) is 19.4 Å². The molecule has 3 aromatic carbocycles. The molecule has 0 aliphatic carbocycles. The number of carboxylic acids is 1. The highest BCUT2D eigenvalue weighted by molar-refractivity contribution is 7.19. The number of aromatic nitrogens is 1. The number of rotatable bonds is 7. The van der Waals surface area contributed by atoms with Gasteiger partial charge in [0, 0.05) is 37.0 Å². The lowest BCUT2D eigenvalue weighted by atomic mass is 10.1. The largest absolute Gasteiger partial charge is 0.478 e. The smallest absolute Gasteiger partial charge is 0.349 e. The Hall–Kier alpha value is -3.48. The third-order valence-electron chi connectivity index (χ3n) is 5.44. The number of aryl methyl sites for hydroxylation is 1. The van der Waals surface area contributed by atoms with E-state index in [1.807, 2.05) is 30.3 Å². The van der Waals surface area contributed by atoms with Gasteiger partial charge in [0.25, 0.3) is 0 Å². The third kappa shape index (κ3) is 4.27. The van der Waals surface area contributed by atoms with Gasteiger partial charge in [0.2, 0.25) is 6.10 Å². The number of carbonyl (C=O) groups is 1. The molecule has 0 aliphatic rings. The minimum absolute atomic E-state index is 0.507. The van der Waals surface area contributed by atoms with Gasteiger partial charge in [-0.1, -0.05) is 55.5 Å². The summed E-state index contributed by atoms with van der Waals surface area (Å²) in [5, 5.41) is 14.1. The molecular weight excluding hydrogens is 450 g/mol. The quantitative estimate of drug-likeness (QED) is 0.268. The minimum atomic E-state index is -1.05. The van der Waals surface area contributed by atoms with Crippen LogP contribution in [0.25, 0.3) is 31.9 Å². The zero-order valence-electron chi connectivity index (χ0n) is 17.9. The summed E-state index contributed by atoms with van der Waals surface area (Å²) in [5.41, 5.74) is 3.74. The summed E-state index contributed by atoms with van der Waals surface area (Å²) in [4.78, 5) is 18.0. The summed E-state index contributed by atoms with van der Waals surface area (Å²) < 4.78 is 7.07. The second kappa shape index (κ2) is 9.17. The molecule has 6 heteroatoms. The summed E-state index contributed by atoms with van der Waals surface area (Å²) in [6, 6.07) is 24.9. The van der Waals surface area contributed by atoms with Crippen LogP contribution in [-0.2, 0) is 11.2 Å². The van der Waals surface area contributed by atoms with Crippen LogP contribution in [-0.4, -0.2) is 16.1 Å². The van der Waals surface area contributed by atoms with Crippen LogP contribution >= 0.6 is 22.7 Å². The predicted octanol–water partition coefficient (Wildman–Crippen LogP) is 7.46. The van der Waals surface area contributed by atoms with E-state index in [0.717, 1.165) is 22.7 Å². The van der Waals surface area contributed by atoms with Crippen LogP contribution in [0.5, 0.6) is 5.75 Å². The lowest BCUT2D eigenvalue weighted by Gasteiger charge is -2.15. The Labute approximate surface area is 199 Å². The fourth-order valence-corrected chi connectivity index (χ4v) is 5.87. The number of thiophene rings is 1. The van der Waals surface area contributed by atoms with E-state index in [4.69, 9.17) is 9.72 Å². The van der Waals surface area contributed by atoms with Gasteiger partial charge in [-0.2, -0.15) is 0 Å². The third-order valence-corrected chi connectivity index (χ3v) is 7.63. The predicted molar refractivity (Wildman–Crippen MR) is 135 cm³/mol. The van der Waals surface area contributed by atoms with Crippen molar-refractivity contribution in [3.63, 3.8) is 0 Å². The number of thiazole rings is 1. The number of fused-ring (bicyclic) bond motifs is 1. The van der Waals surface area contributed by atoms with Gasteiger partial charge in [-0.05, 0) is 36.8 Å². The molecule has 1 atom stereocenters. The van der Waals surface area contributed by atoms with E-state index in [-0.39, 0.29) is 0 Å². The van der Waals surface area contributed by atoms with Crippen molar-refractivity contribution >= 4 is 38.7 Å². The average Bonchev–Trinajstić information content (AvgIpc) is 3.47. The topological polar surface area (TPSA) is 59.4 Å². The zero-order chi connectivity index (χ0) is 22.8. The van der Waals surface area contributed by atoms with Crippen molar-refractivity contribution < 1.29 is 14.6 Å². The highest BCUT2D eigenvalue weighted by Gasteiger charge is 2.22. The molecule has 164 valence electrons. The Morgan fingerprint density at radius 2 is 1.73 bits per heavy atom. The number of hydrogen-bond acceptors (Lipinski definition) is 5. The van der Waals surface area contributed by atoms with Crippen LogP contribution in [0.3, 0.4) is 0 Å². The molecule has 5 aromatic rings. The molecule has 0 amide bonds. The maximum absolute atomic E-state index is 11.8. The van der Waals surface area contributed by atoms with Crippen LogP contribution in [0.15, 0.2) is 84.2 Å². The van der Waals surface area contributed by atoms with Gasteiger partial charge in [0.15, 0.2) is 0 Å². The molecule has 0 radical (unpaired) electrons. The van der Waals surface area contributed by atoms with Crippen molar-refractivity contribution in [3.05, 3.63) is 94.7 Å². The molecule has 0 saturated carbocycles. The number of carboxylic acid groups (broad SMARTS) is 1. The molecule has 0 aliphatic heterocycles. The van der Waals surface area contributed by atoms with Crippen LogP contribution < -0.4 is 4.74 Å². The van der Waals surface area contributed by atoms with Crippen molar-refractivity contribution in [1.82, 2.24) is 4.98 Å². The Kier molecular flexibility index (Phi) is 5.94. The molecular formula is C27H21NO3S2. The molecule has 0 fully saturated rings. The van der Waals surface area contributed by atoms with E-state index in [0.29, 0.717) is 11.3 Å². The van der Waals surface area contributed by atoms with Crippen LogP contribution in [0.2, 0.25) is 0 Å². The lowest BCUT2D eigenvalue weighted by molar-refractivity contribution is -0.145. The van der Waals surface area contributed by atoms with Crippen molar-refractivity contribution in [1.29, 1.82) is 0 Å². The molecule has 2 aromatic heterocycles. The van der Waals surface area contributed by atoms with Crippen LogP contribution in [0.4, 0.5) is 0 Å². The Balaban J connectivity index is 1.44. The Morgan fingerprint density at radius 1 is 1.00 bits per heavy atom. The lowest BCUT2D eigenvalue weighted by Crippen LogP contribution is -2.18. The van der Waals surface area contributed by atoms with E-state index >= 15 is 0 Å². The first-order valence-electron chi connectivity index (χ1n) is 10.6. The van der Waals surface area contributed by atoms with Crippen LogP contribution in [0, 0.1) is 0 Å². The maximum Gasteiger partial charge on any atom is 0.349 e. The fraction of sp³-hybridized carbons (Fsp3) is 0.111. The summed E-state index contributed by atoms with van der Waals surface area (Å²) >= 11 is 3.47. The molecule has 4 nitrogen and oxygen atoms in total. The summed E-state index contributed by atoms with van der Waals surface area (Å²) in [5.74, 6) is -0.516. The molecule has 0 bridgehead atoms. The summed E-state index contributed by atoms with van der Waals surface area (Å²) in [6.07, 6.45) is -0.163. The van der Waals surface area contributed by atoms with Gasteiger partial charge in [-0.3, -0.25) is 0 Å². The zero-order valence-corrected chi connectivity index (χ0v) is 19.5. The monoisotopic (exact) mass is 471 g/mol. The Morgan fingerprint density at radius 3 is 2.45 bits per heavy atom. The number of hydrogen-bond donors (Lipinski definition) is 1. The average molecular weight is 472 g/mol. The highest BCUT2D eigenvalue weighted by atomic mass is 32.1. The first-order valence-corrected chi connectivity index (χ1v) is 12.3. The molecule has 2 heterocycles. The summed E-state index contributed by atoms with van der Waals surface area (Å²) in [6.45, 7) is 2.14. The second-order valence-corrected chi connectivity index (χ2v) is 9.56. The standard InChI is InChI=1S/C27H21NO3S2/c1-2-22-24(28-26(33-22)21-16-32-23-11-7-6-10-20(21)23)17-12-14-19(15-13-17)31-25(27(29)30)18-8-4-3-5-9-18/h3-16,25H,2H2,1H3,(H,29,30). The van der Waals surface area contributed by atoms with Gasteiger partial charge >= 0.3 is 5.97 Å². The summed E-state index contributed by atoms with van der Waals surface area (Å²) in [7, 11) is 0. The van der Waals surface area contributed by atoms with Crippen molar-refractivity contribution in [2.24, 2.45) is 0 Å². The van der Waals surface area contributed by atoms with Crippen molar-refractivity contribution in [2.75, 3.05) is 0 Å². The minimum Gasteiger partial charge on any atom is -0.478 e. The Bertz CT molecular complexity index is 1400. The molecule has 1 N–H and O–H groups in total. The van der Waals surface area contributed by atoms with E-state index in [1.54, 1.807) is 46.9 Å². The molecule has 1 unspecified atom stereocenters. The fourth-order valence-electron chi connectivity index (χ4n) is 3.79. The first-order chi connectivity index (χ1) is 16.1. The second-order valence-electron chi connectivity index (χ2n) is 7.56. The molecule has 0 saturated heterocycles. The number of ether oxygens (including phenoxy) is 1. The highest BCUT2D eigenvalue weighted by Crippen LogP contribution is 2.40. The van der Waals surface area contributed by atoms with E-state index in [2.05, 4.69) is 36.6 Å². The number of benzene rings is 3. The van der Waals surface area contributed by atoms with Gasteiger partial charge in [-0.25, -0.2) is 9.78 Å². The molecule has 0 spiro atoms. The molecule has 33 heavy (non-hydrogen) atoms. The van der Waals surface area contributed by atoms with Gasteiger partial charge in [0.05, 0.1) is 5.69 Å². The van der Waals surface area contributed by atoms with E-state index in [1.165, 1.54) is 20.5 Å². The number of nitrogens with zero attached hydrogens (tertiary/aromatic N) is 1. The van der Waals surface area contributed by atoms with Gasteiger partial charge in [0.1, 0.15) is 10.8 Å². The number of aliphatic carboxylic acids is 1. The van der Waals surface area contributed by atoms with E-state index < -0.39 is 12.1 Å². The maximum atomic E-state index is 11.8. The van der Waals surface area contributed by atoms with E-state index in [9.17, 15) is 9.90 Å². The van der Waals surface area contributed by atoms with Crippen LogP contribution in [0.1, 0.15) is 23.5 Å². The van der Waals surface area contributed by atoms with Crippen molar-refractivity contribution in [3.8, 4) is 27.6 Å². The first kappa shape index (κ1) is 21.4. The van der Waals surface area contributed by atoms with Gasteiger partial charge in [-0.15, -0.1) is 22.7 Å².